The summed E-state index contributed by atoms with van der Waals surface area (Å²) in [5.74, 6) is -4.18. The van der Waals surface area contributed by atoms with E-state index in [1.807, 2.05) is 0 Å². The Kier molecular flexibility index (Phi) is 4.05. The summed E-state index contributed by atoms with van der Waals surface area (Å²) in [6.45, 7) is 0. The van der Waals surface area contributed by atoms with Crippen LogP contribution in [0.5, 0.6) is 0 Å². The number of ether oxygens (including phenoxy) is 1. The molecule has 1 heterocycles. The number of aliphatic imine (C=N–C) groups is 2. The van der Waals surface area contributed by atoms with E-state index in [4.69, 9.17) is 0 Å². The van der Waals surface area contributed by atoms with E-state index < -0.39 is 41.6 Å². The second-order valence-corrected chi connectivity index (χ2v) is 4.47. The molecule has 0 fully saturated rings. The lowest BCUT2D eigenvalue weighted by Crippen LogP contribution is -2.57. The summed E-state index contributed by atoms with van der Waals surface area (Å²) < 4.78 is 120. The van der Waals surface area contributed by atoms with Crippen LogP contribution >= 0.6 is 0 Å². The smallest absolute Gasteiger partial charge is 0.416 e. The molecule has 12 heteroatoms. The zero-order valence-corrected chi connectivity index (χ0v) is 11.1. The van der Waals surface area contributed by atoms with E-state index in [1.54, 1.807) is 4.99 Å². The SMILES string of the molecule is FC(F)(F)C1=NC(C(F)(F)F)(C(F)(F)F)N=C(c2ccccc2)O1. The molecular formula is C12H5F9N2O. The molecule has 0 saturated carbocycles. The van der Waals surface area contributed by atoms with Crippen molar-refractivity contribution in [3.05, 3.63) is 35.9 Å². The molecule has 2 rings (SSSR count). The van der Waals surface area contributed by atoms with Crippen molar-refractivity contribution in [2.45, 2.75) is 24.2 Å². The van der Waals surface area contributed by atoms with Crippen molar-refractivity contribution in [2.24, 2.45) is 9.98 Å². The molecule has 0 saturated heterocycles. The largest absolute Gasteiger partial charge is 0.468 e. The molecule has 0 amide bonds. The lowest BCUT2D eigenvalue weighted by molar-refractivity contribution is -0.294. The number of alkyl halides is 9. The van der Waals surface area contributed by atoms with E-state index >= 15 is 0 Å². The van der Waals surface area contributed by atoms with Gasteiger partial charge in [-0.1, -0.05) is 18.2 Å². The molecular weight excluding hydrogens is 359 g/mol. The molecule has 0 radical (unpaired) electrons. The van der Waals surface area contributed by atoms with E-state index in [1.165, 1.54) is 18.2 Å². The minimum Gasteiger partial charge on any atom is -0.416 e. The van der Waals surface area contributed by atoms with Crippen molar-refractivity contribution < 1.29 is 44.3 Å². The van der Waals surface area contributed by atoms with Crippen molar-refractivity contribution in [3.63, 3.8) is 0 Å². The van der Waals surface area contributed by atoms with Gasteiger partial charge in [0.15, 0.2) is 0 Å². The van der Waals surface area contributed by atoms with E-state index in [0.29, 0.717) is 0 Å². The van der Waals surface area contributed by atoms with Crippen molar-refractivity contribution in [1.82, 2.24) is 0 Å². The van der Waals surface area contributed by atoms with Crippen LogP contribution in [0.25, 0.3) is 0 Å². The zero-order valence-electron chi connectivity index (χ0n) is 11.1. The molecule has 0 aromatic heterocycles. The summed E-state index contributed by atoms with van der Waals surface area (Å²) in [5, 5.41) is 0. The molecule has 24 heavy (non-hydrogen) atoms. The van der Waals surface area contributed by atoms with Crippen molar-refractivity contribution >= 4 is 11.8 Å². The predicted octanol–water partition coefficient (Wildman–Crippen LogP) is 4.25. The van der Waals surface area contributed by atoms with E-state index in [2.05, 4.69) is 9.73 Å². The molecule has 0 spiro atoms. The molecule has 132 valence electrons. The van der Waals surface area contributed by atoms with Crippen LogP contribution in [0.2, 0.25) is 0 Å². The Morgan fingerprint density at radius 3 is 1.67 bits per heavy atom. The van der Waals surface area contributed by atoms with Gasteiger partial charge in [0.1, 0.15) is 0 Å². The molecule has 0 bridgehead atoms. The fourth-order valence-electron chi connectivity index (χ4n) is 1.70. The van der Waals surface area contributed by atoms with Crippen molar-refractivity contribution in [3.8, 4) is 0 Å². The fourth-order valence-corrected chi connectivity index (χ4v) is 1.70. The minimum absolute atomic E-state index is 0.507. The highest BCUT2D eigenvalue weighted by Crippen LogP contribution is 2.49. The fraction of sp³-hybridized carbons (Fsp3) is 0.333. The number of hydrogen-bond donors (Lipinski definition) is 0. The highest BCUT2D eigenvalue weighted by atomic mass is 19.4. The maximum atomic E-state index is 13.0. The van der Waals surface area contributed by atoms with Gasteiger partial charge >= 0.3 is 30.1 Å². The molecule has 1 aromatic rings. The minimum atomic E-state index is -6.27. The Hall–Kier alpha value is -2.27. The Morgan fingerprint density at radius 1 is 0.750 bits per heavy atom. The molecule has 0 N–H and O–H groups in total. The van der Waals surface area contributed by atoms with Crippen LogP contribution in [-0.2, 0) is 4.74 Å². The Bertz CT molecular complexity index is 656. The van der Waals surface area contributed by atoms with Crippen LogP contribution in [0, 0.1) is 0 Å². The quantitative estimate of drug-likeness (QED) is 0.687. The number of rotatable bonds is 1. The molecule has 3 nitrogen and oxygen atoms in total. The zero-order chi connectivity index (χ0) is 18.4. The van der Waals surface area contributed by atoms with Crippen molar-refractivity contribution in [1.29, 1.82) is 0 Å². The normalized spacial score (nSPS) is 18.5. The number of nitrogens with zero attached hydrogens (tertiary/aromatic N) is 2. The van der Waals surface area contributed by atoms with Crippen LogP contribution in [0.4, 0.5) is 39.5 Å². The monoisotopic (exact) mass is 364 g/mol. The summed E-state index contributed by atoms with van der Waals surface area (Å²) in [7, 11) is 0. The van der Waals surface area contributed by atoms with Gasteiger partial charge in [-0.2, -0.15) is 44.5 Å². The molecule has 0 atom stereocenters. The summed E-state index contributed by atoms with van der Waals surface area (Å²) >= 11 is 0. The van der Waals surface area contributed by atoms with E-state index in [9.17, 15) is 39.5 Å². The van der Waals surface area contributed by atoms with Crippen molar-refractivity contribution in [2.75, 3.05) is 0 Å². The Morgan fingerprint density at radius 2 is 1.25 bits per heavy atom. The van der Waals surface area contributed by atoms with Gasteiger partial charge in [0.2, 0.25) is 5.90 Å². The first-order valence-corrected chi connectivity index (χ1v) is 5.91. The van der Waals surface area contributed by atoms with Crippen LogP contribution in [-0.4, -0.2) is 36.0 Å². The summed E-state index contributed by atoms with van der Waals surface area (Å²) in [6, 6.07) is 5.56. The van der Waals surface area contributed by atoms with Gasteiger partial charge in [-0.05, 0) is 12.1 Å². The molecule has 1 aliphatic heterocycles. The summed E-state index contributed by atoms with van der Waals surface area (Å²) in [5.41, 5.74) is -5.82. The summed E-state index contributed by atoms with van der Waals surface area (Å²) in [6.07, 6.45) is -18.2. The number of hydrogen-bond acceptors (Lipinski definition) is 3. The third-order valence-corrected chi connectivity index (χ3v) is 2.77. The molecule has 1 aromatic carbocycles. The lowest BCUT2D eigenvalue weighted by Gasteiger charge is -2.34. The van der Waals surface area contributed by atoms with Crippen LogP contribution in [0.15, 0.2) is 40.3 Å². The summed E-state index contributed by atoms with van der Waals surface area (Å²) in [4.78, 5) is 4.08. The predicted molar refractivity (Wildman–Crippen MR) is 62.4 cm³/mol. The van der Waals surface area contributed by atoms with Gasteiger partial charge in [0, 0.05) is 5.56 Å². The van der Waals surface area contributed by atoms with Crippen LogP contribution in [0.3, 0.4) is 0 Å². The van der Waals surface area contributed by atoms with Crippen LogP contribution < -0.4 is 0 Å². The van der Waals surface area contributed by atoms with Gasteiger partial charge in [-0.25, -0.2) is 4.99 Å². The maximum absolute atomic E-state index is 13.0. The molecule has 0 unspecified atom stereocenters. The third kappa shape index (κ3) is 3.04. The van der Waals surface area contributed by atoms with E-state index in [0.717, 1.165) is 12.1 Å². The van der Waals surface area contributed by atoms with Gasteiger partial charge < -0.3 is 4.74 Å². The van der Waals surface area contributed by atoms with Gasteiger partial charge in [-0.3, -0.25) is 0 Å². The first-order chi connectivity index (χ1) is 10.8. The molecule has 0 aliphatic carbocycles. The standard InChI is InChI=1S/C12H5F9N2O/c13-9(14,15)8-23-10(11(16,17)18,12(19,20)21)22-7(24-8)6-4-2-1-3-5-6/h1-5H. The topological polar surface area (TPSA) is 34.0 Å². The van der Waals surface area contributed by atoms with Gasteiger partial charge in [0.05, 0.1) is 0 Å². The maximum Gasteiger partial charge on any atom is 0.468 e. The van der Waals surface area contributed by atoms with Crippen LogP contribution in [0.1, 0.15) is 5.56 Å². The van der Waals surface area contributed by atoms with Gasteiger partial charge in [0.25, 0.3) is 0 Å². The lowest BCUT2D eigenvalue weighted by atomic mass is 10.1. The Labute approximate surface area is 127 Å². The number of benzene rings is 1. The second kappa shape index (κ2) is 5.38. The molecule has 1 aliphatic rings. The first-order valence-electron chi connectivity index (χ1n) is 5.91. The average Bonchev–Trinajstić information content (AvgIpc) is 2.44. The average molecular weight is 364 g/mol. The first kappa shape index (κ1) is 18.1. The second-order valence-electron chi connectivity index (χ2n) is 4.47. The third-order valence-electron chi connectivity index (χ3n) is 2.77. The highest BCUT2D eigenvalue weighted by molar-refractivity contribution is 6.04. The van der Waals surface area contributed by atoms with Gasteiger partial charge in [-0.15, -0.1) is 0 Å². The number of halogens is 9. The Balaban J connectivity index is 2.75. The van der Waals surface area contributed by atoms with E-state index in [-0.39, 0.29) is 0 Å². The highest BCUT2D eigenvalue weighted by Gasteiger charge is 2.74.